The zero-order valence-electron chi connectivity index (χ0n) is 31.6. The van der Waals surface area contributed by atoms with Gasteiger partial charge < -0.3 is 24.4 Å². The van der Waals surface area contributed by atoms with E-state index in [9.17, 15) is 14.4 Å². The second kappa shape index (κ2) is 17.7. The van der Waals surface area contributed by atoms with Crippen LogP contribution in [0.2, 0.25) is 0 Å². The number of allylic oxidation sites excluding steroid dienone is 1. The number of amidine groups is 1. The highest BCUT2D eigenvalue weighted by Crippen LogP contribution is 2.37. The lowest BCUT2D eigenvalue weighted by atomic mass is 9.76. The molecular formula is C44H53N3O6. The highest BCUT2D eigenvalue weighted by atomic mass is 16.5. The number of hydrogen-bond donors (Lipinski definition) is 1. The van der Waals surface area contributed by atoms with Gasteiger partial charge in [0.05, 0.1) is 11.3 Å². The number of para-hydroxylation sites is 1. The summed E-state index contributed by atoms with van der Waals surface area (Å²) in [7, 11) is 0. The maximum Gasteiger partial charge on any atom is 0.340 e. The highest BCUT2D eigenvalue weighted by Gasteiger charge is 2.32. The molecule has 280 valence electrons. The van der Waals surface area contributed by atoms with Crippen LogP contribution in [0.5, 0.6) is 5.75 Å². The first-order valence-electron chi connectivity index (χ1n) is 19.4. The molecule has 9 nitrogen and oxygen atoms in total. The Kier molecular flexibility index (Phi) is 12.7. The van der Waals surface area contributed by atoms with Gasteiger partial charge in [-0.15, -0.1) is 0 Å². The summed E-state index contributed by atoms with van der Waals surface area (Å²) in [6, 6.07) is 18.8. The average Bonchev–Trinajstić information content (AvgIpc) is 3.16. The van der Waals surface area contributed by atoms with Gasteiger partial charge in [0.25, 0.3) is 6.02 Å². The number of carbonyl (C=O) groups is 3. The van der Waals surface area contributed by atoms with Crippen molar-refractivity contribution in [3.8, 4) is 5.75 Å². The smallest absolute Gasteiger partial charge is 0.340 e. The Labute approximate surface area is 313 Å². The number of aryl methyl sites for hydroxylation is 2. The molecule has 1 fully saturated rings. The number of esters is 2. The fourth-order valence-electron chi connectivity index (χ4n) is 7.75. The van der Waals surface area contributed by atoms with Gasteiger partial charge in [-0.25, -0.2) is 4.79 Å². The summed E-state index contributed by atoms with van der Waals surface area (Å²) in [6.07, 6.45) is 10.5. The molecule has 2 aliphatic heterocycles. The molecule has 0 amide bonds. The lowest BCUT2D eigenvalue weighted by molar-refractivity contribution is -0.134. The van der Waals surface area contributed by atoms with E-state index < -0.39 is 5.97 Å². The number of anilines is 1. The van der Waals surface area contributed by atoms with Crippen molar-refractivity contribution in [1.29, 1.82) is 0 Å². The average molecular weight is 720 g/mol. The van der Waals surface area contributed by atoms with E-state index in [1.165, 1.54) is 16.8 Å². The van der Waals surface area contributed by atoms with Crippen LogP contribution in [0.1, 0.15) is 98.8 Å². The molecule has 53 heavy (non-hydrogen) atoms. The minimum atomic E-state index is -0.419. The topological polar surface area (TPSA) is 107 Å². The maximum absolute atomic E-state index is 13.7. The number of nitrogens with zero attached hydrogens (tertiary/aromatic N) is 2. The Balaban J connectivity index is 1.25. The quantitative estimate of drug-likeness (QED) is 0.0379. The summed E-state index contributed by atoms with van der Waals surface area (Å²) < 4.78 is 17.7. The third-order valence-electron chi connectivity index (χ3n) is 10.8. The first-order chi connectivity index (χ1) is 25.7. The molecule has 0 aromatic heterocycles. The normalized spacial score (nSPS) is 20.0. The molecule has 3 aliphatic rings. The second-order valence-electron chi connectivity index (χ2n) is 15.0. The van der Waals surface area contributed by atoms with Crippen molar-refractivity contribution in [1.82, 2.24) is 5.32 Å². The number of carbonyl (C=O) groups excluding carboxylic acids is 3. The number of nitrogens with one attached hydrogen (secondary N) is 1. The molecule has 3 atom stereocenters. The molecule has 0 spiro atoms. The molecule has 1 aliphatic carbocycles. The second-order valence-corrected chi connectivity index (χ2v) is 15.0. The summed E-state index contributed by atoms with van der Waals surface area (Å²) in [5.41, 5.74) is 6.62. The third kappa shape index (κ3) is 9.75. The lowest BCUT2D eigenvalue weighted by Gasteiger charge is -2.37. The van der Waals surface area contributed by atoms with Crippen molar-refractivity contribution in [2.75, 3.05) is 24.5 Å². The molecule has 1 saturated carbocycles. The molecule has 3 unspecified atom stereocenters. The fraction of sp³-hybridized carbons (Fsp3) is 0.455. The van der Waals surface area contributed by atoms with E-state index in [0.29, 0.717) is 54.5 Å². The summed E-state index contributed by atoms with van der Waals surface area (Å²) in [5, 5.41) is 3.27. The van der Waals surface area contributed by atoms with Crippen LogP contribution in [0, 0.1) is 17.8 Å². The zero-order valence-corrected chi connectivity index (χ0v) is 31.6. The maximum atomic E-state index is 13.7. The monoisotopic (exact) mass is 719 g/mol. The number of rotatable bonds is 12. The van der Waals surface area contributed by atoms with Crippen LogP contribution in [0.4, 0.5) is 11.4 Å². The predicted molar refractivity (Wildman–Crippen MR) is 209 cm³/mol. The predicted octanol–water partition coefficient (Wildman–Crippen LogP) is 8.39. The molecule has 0 radical (unpaired) electrons. The number of aldehydes is 1. The standard InChI is InChI=1S/C44H53N3O6/c1-5-41(49)51-36-18-15-31(16-19-36)20-21-45-44(52-37(28-48)26-32-24-34-10-8-22-47-23-9-11-35(25-32)42(34)47)46-39-13-7-6-12-38(39)43(50)53-40-27-33(29(2)3)17-14-30(40)4/h6-7,12-13,15-16,18-19,24-26,28-30,33,40H,5,8-11,14,17,20-23,27H2,1-4H3,(H,45,46)/b37-26+. The van der Waals surface area contributed by atoms with Gasteiger partial charge in [0.1, 0.15) is 11.9 Å². The number of aliphatic imine (C=N–C) groups is 1. The summed E-state index contributed by atoms with van der Waals surface area (Å²) in [4.78, 5) is 45.2. The van der Waals surface area contributed by atoms with Gasteiger partial charge in [-0.05, 0) is 134 Å². The summed E-state index contributed by atoms with van der Waals surface area (Å²) in [5.74, 6) is 1.22. The van der Waals surface area contributed by atoms with E-state index >= 15 is 0 Å². The SMILES string of the molecule is CCC(=O)Oc1ccc(CCN/C(=N/c2ccccc2C(=O)OC2CC(C(C)C)CCC2C)O/C(C=O)=C/c2cc3c4c(c2)CCCN4CCC3)cc1. The molecule has 6 rings (SSSR count). The van der Waals surface area contributed by atoms with E-state index in [1.807, 2.05) is 18.2 Å². The van der Waals surface area contributed by atoms with Gasteiger partial charge in [-0.1, -0.05) is 52.0 Å². The van der Waals surface area contributed by atoms with E-state index in [2.05, 4.69) is 43.1 Å². The highest BCUT2D eigenvalue weighted by molar-refractivity contribution is 5.96. The van der Waals surface area contributed by atoms with Crippen LogP contribution in [-0.2, 0) is 38.3 Å². The van der Waals surface area contributed by atoms with Crippen molar-refractivity contribution < 1.29 is 28.6 Å². The molecule has 0 saturated heterocycles. The minimum absolute atomic E-state index is 0.0912. The van der Waals surface area contributed by atoms with Crippen LogP contribution in [0.25, 0.3) is 6.08 Å². The Morgan fingerprint density at radius 3 is 2.40 bits per heavy atom. The first-order valence-corrected chi connectivity index (χ1v) is 19.4. The fourth-order valence-corrected chi connectivity index (χ4v) is 7.75. The molecule has 2 heterocycles. The molecule has 3 aromatic carbocycles. The van der Waals surface area contributed by atoms with Crippen molar-refractivity contribution in [3.63, 3.8) is 0 Å². The van der Waals surface area contributed by atoms with Crippen molar-refractivity contribution in [2.24, 2.45) is 22.7 Å². The number of ether oxygens (including phenoxy) is 3. The molecule has 9 heteroatoms. The van der Waals surface area contributed by atoms with E-state index in [0.717, 1.165) is 69.2 Å². The number of benzene rings is 3. The van der Waals surface area contributed by atoms with Crippen LogP contribution in [0.3, 0.4) is 0 Å². The summed E-state index contributed by atoms with van der Waals surface area (Å²) >= 11 is 0. The van der Waals surface area contributed by atoms with E-state index in [1.54, 1.807) is 43.3 Å². The molecular weight excluding hydrogens is 666 g/mol. The minimum Gasteiger partial charge on any atom is -0.458 e. The van der Waals surface area contributed by atoms with Crippen molar-refractivity contribution in [2.45, 2.75) is 91.6 Å². The lowest BCUT2D eigenvalue weighted by Crippen LogP contribution is -2.34. The number of hydrogen-bond acceptors (Lipinski definition) is 8. The van der Waals surface area contributed by atoms with Crippen LogP contribution < -0.4 is 15.0 Å². The summed E-state index contributed by atoms with van der Waals surface area (Å²) in [6.45, 7) is 11.0. The molecule has 1 N–H and O–H groups in total. The Hall–Kier alpha value is -4.92. The molecule has 3 aromatic rings. The zero-order chi connectivity index (χ0) is 37.3. The van der Waals surface area contributed by atoms with Crippen LogP contribution in [0.15, 0.2) is 71.4 Å². The molecule has 0 bridgehead atoms. The third-order valence-corrected chi connectivity index (χ3v) is 10.8. The van der Waals surface area contributed by atoms with Gasteiger partial charge in [0.15, 0.2) is 12.0 Å². The van der Waals surface area contributed by atoms with Crippen molar-refractivity contribution >= 4 is 41.7 Å². The largest absolute Gasteiger partial charge is 0.458 e. The Morgan fingerprint density at radius 1 is 1.00 bits per heavy atom. The van der Waals surface area contributed by atoms with Crippen LogP contribution in [-0.4, -0.2) is 50.0 Å². The Bertz CT molecular complexity index is 1800. The van der Waals surface area contributed by atoms with Gasteiger partial charge in [0.2, 0.25) is 0 Å². The van der Waals surface area contributed by atoms with Gasteiger partial charge in [-0.3, -0.25) is 9.59 Å². The Morgan fingerprint density at radius 2 is 1.72 bits per heavy atom. The van der Waals surface area contributed by atoms with E-state index in [4.69, 9.17) is 19.2 Å². The van der Waals surface area contributed by atoms with Crippen molar-refractivity contribution in [3.05, 3.63) is 94.2 Å². The van der Waals surface area contributed by atoms with E-state index in [-0.39, 0.29) is 29.8 Å². The van der Waals surface area contributed by atoms with Gasteiger partial charge in [-0.2, -0.15) is 4.99 Å². The van der Waals surface area contributed by atoms with Gasteiger partial charge >= 0.3 is 11.9 Å². The first kappa shape index (κ1) is 37.8. The van der Waals surface area contributed by atoms with Crippen LogP contribution >= 0.6 is 0 Å². The van der Waals surface area contributed by atoms with Gasteiger partial charge in [0, 0.05) is 31.7 Å².